The van der Waals surface area contributed by atoms with Gasteiger partial charge in [-0.25, -0.2) is 13.2 Å². The second kappa shape index (κ2) is 14.6. The molecular weight excluding hydrogens is 657 g/mol. The molecule has 0 amide bonds. The third-order valence-electron chi connectivity index (χ3n) is 7.23. The van der Waals surface area contributed by atoms with Crippen molar-refractivity contribution in [3.63, 3.8) is 0 Å². The van der Waals surface area contributed by atoms with Crippen LogP contribution in [0.25, 0.3) is 0 Å². The molecule has 2 unspecified atom stereocenters. The molecule has 1 saturated heterocycles. The van der Waals surface area contributed by atoms with Gasteiger partial charge in [0.05, 0.1) is 22.4 Å². The lowest BCUT2D eigenvalue weighted by Gasteiger charge is -2.26. The number of benzene rings is 2. The van der Waals surface area contributed by atoms with Crippen LogP contribution >= 0.6 is 35.0 Å². The van der Waals surface area contributed by atoms with Gasteiger partial charge in [0.2, 0.25) is 10.0 Å². The molecule has 5 rings (SSSR count). The quantitative estimate of drug-likeness (QED) is 0.176. The molecule has 2 aliphatic rings. The van der Waals surface area contributed by atoms with E-state index in [1.807, 2.05) is 30.3 Å². The highest BCUT2D eigenvalue weighted by molar-refractivity contribution is 8.02. The summed E-state index contributed by atoms with van der Waals surface area (Å²) in [6.07, 6.45) is 4.03. The van der Waals surface area contributed by atoms with E-state index in [4.69, 9.17) is 32.7 Å². The van der Waals surface area contributed by atoms with Crippen LogP contribution in [0.1, 0.15) is 35.6 Å². The molecule has 0 N–H and O–H groups in total. The number of carbonyl (C=O) groups is 1. The minimum absolute atomic E-state index is 0.00118. The van der Waals surface area contributed by atoms with Crippen molar-refractivity contribution in [2.45, 2.75) is 43.8 Å². The molecule has 1 aromatic heterocycles. The average Bonchev–Trinajstić information content (AvgIpc) is 3.69. The van der Waals surface area contributed by atoms with Gasteiger partial charge >= 0.3 is 12.6 Å². The summed E-state index contributed by atoms with van der Waals surface area (Å²) in [5, 5.41) is -0.628. The summed E-state index contributed by atoms with van der Waals surface area (Å²) in [6.45, 7) is -2.58. The highest BCUT2D eigenvalue weighted by Crippen LogP contribution is 2.39. The molecule has 0 radical (unpaired) electrons. The first-order chi connectivity index (χ1) is 21.1. The Morgan fingerprint density at radius 1 is 1.07 bits per heavy atom. The van der Waals surface area contributed by atoms with E-state index in [1.54, 1.807) is 0 Å². The number of rotatable bonds is 14. The monoisotopic (exact) mass is 686 g/mol. The van der Waals surface area contributed by atoms with Gasteiger partial charge in [-0.2, -0.15) is 13.1 Å². The number of aryl methyl sites for hydroxylation is 1. The van der Waals surface area contributed by atoms with E-state index < -0.39 is 34.1 Å². The van der Waals surface area contributed by atoms with E-state index in [0.29, 0.717) is 35.8 Å². The molecule has 236 valence electrons. The van der Waals surface area contributed by atoms with Gasteiger partial charge in [0.25, 0.3) is 0 Å². The molecule has 1 saturated carbocycles. The standard InChI is InChI=1S/C30H30Cl2F2N2O6S2/c31-23-16-35-17-24(32)22(23)15-26(21-8-9-25(42-30(33)34)27(14-21)40-18-20-6-7-20)41-29(37)28-36(11-12-43-28)44(38,39)13-10-19-4-2-1-3-5-19/h1-5,8-9,14,16-17,20,26,28,30H,6-7,10-13,15,18H2. The van der Waals surface area contributed by atoms with Crippen LogP contribution in [0.3, 0.4) is 0 Å². The van der Waals surface area contributed by atoms with Gasteiger partial charge in [0.15, 0.2) is 16.9 Å². The molecule has 14 heteroatoms. The third-order valence-corrected chi connectivity index (χ3v) is 11.0. The predicted molar refractivity (Wildman–Crippen MR) is 165 cm³/mol. The van der Waals surface area contributed by atoms with Crippen LogP contribution in [0.2, 0.25) is 10.0 Å². The number of halogens is 4. The van der Waals surface area contributed by atoms with Crippen molar-refractivity contribution in [1.29, 1.82) is 0 Å². The van der Waals surface area contributed by atoms with Crippen LogP contribution < -0.4 is 9.47 Å². The number of alkyl halides is 2. The number of sulfonamides is 1. The molecule has 1 aliphatic heterocycles. The molecule has 0 spiro atoms. The highest BCUT2D eigenvalue weighted by Gasteiger charge is 2.41. The molecule has 44 heavy (non-hydrogen) atoms. The zero-order valence-corrected chi connectivity index (χ0v) is 26.6. The lowest BCUT2D eigenvalue weighted by molar-refractivity contribution is -0.150. The fourth-order valence-electron chi connectivity index (χ4n) is 4.70. The second-order valence-corrected chi connectivity index (χ2v) is 14.5. The maximum Gasteiger partial charge on any atom is 0.387 e. The van der Waals surface area contributed by atoms with E-state index in [9.17, 15) is 22.0 Å². The first kappa shape index (κ1) is 32.7. The molecule has 8 nitrogen and oxygen atoms in total. The molecule has 2 atom stereocenters. The summed E-state index contributed by atoms with van der Waals surface area (Å²) in [5.74, 6) is -0.277. The number of ether oxygens (including phenoxy) is 3. The summed E-state index contributed by atoms with van der Waals surface area (Å²) in [6, 6.07) is 13.5. The van der Waals surface area contributed by atoms with Crippen molar-refractivity contribution in [3.05, 3.63) is 87.7 Å². The molecule has 2 heterocycles. The molecule has 0 bridgehead atoms. The van der Waals surface area contributed by atoms with Gasteiger partial charge < -0.3 is 14.2 Å². The van der Waals surface area contributed by atoms with E-state index in [-0.39, 0.29) is 40.3 Å². The van der Waals surface area contributed by atoms with Crippen molar-refractivity contribution in [1.82, 2.24) is 9.29 Å². The Kier molecular flexibility index (Phi) is 10.9. The topological polar surface area (TPSA) is 95.0 Å². The predicted octanol–water partition coefficient (Wildman–Crippen LogP) is 6.55. The normalized spacial score (nSPS) is 17.9. The fourth-order valence-corrected chi connectivity index (χ4v) is 8.38. The van der Waals surface area contributed by atoms with E-state index in [0.717, 1.165) is 18.4 Å². The fraction of sp³-hybridized carbons (Fsp3) is 0.400. The van der Waals surface area contributed by atoms with Crippen LogP contribution in [-0.4, -0.2) is 60.3 Å². The van der Waals surface area contributed by atoms with Crippen LogP contribution in [0.4, 0.5) is 8.78 Å². The zero-order valence-electron chi connectivity index (χ0n) is 23.4. The number of hydrogen-bond acceptors (Lipinski definition) is 8. The Morgan fingerprint density at radius 3 is 2.48 bits per heavy atom. The molecule has 1 aliphatic carbocycles. The Bertz CT molecular complexity index is 1540. The van der Waals surface area contributed by atoms with Gasteiger partial charge in [0, 0.05) is 31.1 Å². The van der Waals surface area contributed by atoms with Gasteiger partial charge in [-0.3, -0.25) is 4.98 Å². The summed E-state index contributed by atoms with van der Waals surface area (Å²) >= 11 is 14.0. The van der Waals surface area contributed by atoms with Gasteiger partial charge in [0.1, 0.15) is 6.10 Å². The van der Waals surface area contributed by atoms with E-state index in [1.165, 1.54) is 46.7 Å². The number of hydrogen-bond donors (Lipinski definition) is 0. The summed E-state index contributed by atoms with van der Waals surface area (Å²) in [4.78, 5) is 17.6. The summed E-state index contributed by atoms with van der Waals surface area (Å²) in [5.41, 5.74) is 1.71. The van der Waals surface area contributed by atoms with Gasteiger partial charge in [-0.1, -0.05) is 59.6 Å². The Morgan fingerprint density at radius 2 is 1.80 bits per heavy atom. The van der Waals surface area contributed by atoms with Crippen molar-refractivity contribution in [2.24, 2.45) is 5.92 Å². The second-order valence-electron chi connectivity index (χ2n) is 10.4. The van der Waals surface area contributed by atoms with Gasteiger partial charge in [-0.05, 0) is 54.0 Å². The van der Waals surface area contributed by atoms with Gasteiger partial charge in [-0.15, -0.1) is 11.8 Å². The minimum Gasteiger partial charge on any atom is -0.489 e. The number of esters is 1. The summed E-state index contributed by atoms with van der Waals surface area (Å²) in [7, 11) is -3.81. The summed E-state index contributed by atoms with van der Waals surface area (Å²) < 4.78 is 70.6. The minimum atomic E-state index is -3.81. The maximum absolute atomic E-state index is 13.7. The molecular formula is C30H30Cl2F2N2O6S2. The first-order valence-electron chi connectivity index (χ1n) is 14.0. The Hall–Kier alpha value is -2.64. The number of thioether (sulfide) groups is 1. The van der Waals surface area contributed by atoms with Crippen LogP contribution in [0.15, 0.2) is 60.9 Å². The molecule has 3 aromatic rings. The van der Waals surface area contributed by atoms with Crippen molar-refractivity contribution in [2.75, 3.05) is 24.7 Å². The third kappa shape index (κ3) is 8.54. The number of aromatic nitrogens is 1. The number of nitrogens with zero attached hydrogens (tertiary/aromatic N) is 2. The largest absolute Gasteiger partial charge is 0.489 e. The smallest absolute Gasteiger partial charge is 0.387 e. The molecule has 2 fully saturated rings. The van der Waals surface area contributed by atoms with E-state index in [2.05, 4.69) is 9.72 Å². The van der Waals surface area contributed by atoms with Crippen molar-refractivity contribution < 1.29 is 36.2 Å². The van der Waals surface area contributed by atoms with Crippen LogP contribution in [0.5, 0.6) is 11.5 Å². The van der Waals surface area contributed by atoms with E-state index >= 15 is 0 Å². The maximum atomic E-state index is 13.7. The van der Waals surface area contributed by atoms with Crippen molar-refractivity contribution >= 4 is 51.0 Å². The zero-order chi connectivity index (χ0) is 31.3. The number of carbonyl (C=O) groups excluding carboxylic acids is 1. The highest BCUT2D eigenvalue weighted by atomic mass is 35.5. The molecule has 2 aromatic carbocycles. The first-order valence-corrected chi connectivity index (χ1v) is 17.4. The lowest BCUT2D eigenvalue weighted by Crippen LogP contribution is -2.42. The van der Waals surface area contributed by atoms with Crippen LogP contribution in [0, 0.1) is 5.92 Å². The van der Waals surface area contributed by atoms with Crippen molar-refractivity contribution in [3.8, 4) is 11.5 Å². The average molecular weight is 688 g/mol. The Labute approximate surface area is 269 Å². The SMILES string of the molecule is O=C(OC(Cc1c(Cl)cncc1Cl)c1ccc(OC(F)F)c(OCC2CC2)c1)C1SCCN1S(=O)(=O)CCc1ccccc1. The lowest BCUT2D eigenvalue weighted by atomic mass is 10.0. The van der Waals surface area contributed by atoms with Crippen LogP contribution in [-0.2, 0) is 32.4 Å². The number of pyridine rings is 1. The Balaban J connectivity index is 1.40.